The molecular weight excluding hydrogens is 228 g/mol. The van der Waals surface area contributed by atoms with E-state index in [-0.39, 0.29) is 5.91 Å². The van der Waals surface area contributed by atoms with Gasteiger partial charge in [-0.2, -0.15) is 0 Å². The Labute approximate surface area is 107 Å². The molecule has 0 aliphatic heterocycles. The van der Waals surface area contributed by atoms with E-state index in [1.54, 1.807) is 7.11 Å². The quantitative estimate of drug-likeness (QED) is 0.486. The molecule has 4 nitrogen and oxygen atoms in total. The summed E-state index contributed by atoms with van der Waals surface area (Å²) in [5.41, 5.74) is 4.97. The first kappa shape index (κ1) is 12.9. The second-order valence-corrected chi connectivity index (χ2v) is 5.07. The van der Waals surface area contributed by atoms with Crippen LogP contribution >= 0.6 is 0 Å². The van der Waals surface area contributed by atoms with E-state index in [0.717, 1.165) is 41.7 Å². The maximum absolute atomic E-state index is 12.1. The van der Waals surface area contributed by atoms with Gasteiger partial charge >= 0.3 is 0 Å². The van der Waals surface area contributed by atoms with Crippen molar-refractivity contribution in [3.8, 4) is 5.75 Å². The zero-order valence-electron chi connectivity index (χ0n) is 11.2. The minimum atomic E-state index is -0.503. The minimum Gasteiger partial charge on any atom is -0.496 e. The summed E-state index contributed by atoms with van der Waals surface area (Å²) < 4.78 is 5.49. The van der Waals surface area contributed by atoms with Gasteiger partial charge in [-0.15, -0.1) is 0 Å². The van der Waals surface area contributed by atoms with E-state index in [9.17, 15) is 4.79 Å². The first-order valence-electron chi connectivity index (χ1n) is 6.22. The summed E-state index contributed by atoms with van der Waals surface area (Å²) >= 11 is 0. The molecule has 0 aromatic heterocycles. The first-order valence-corrected chi connectivity index (χ1v) is 6.22. The number of benzene rings is 1. The molecule has 3 N–H and O–H groups in total. The molecule has 98 valence electrons. The average molecular weight is 248 g/mol. The number of hydrazine groups is 1. The maximum Gasteiger partial charge on any atom is 0.244 e. The Hall–Kier alpha value is -1.55. The van der Waals surface area contributed by atoms with Gasteiger partial charge in [0.2, 0.25) is 5.91 Å². The van der Waals surface area contributed by atoms with Crippen LogP contribution in [0.3, 0.4) is 0 Å². The van der Waals surface area contributed by atoms with Gasteiger partial charge in [-0.05, 0) is 32.3 Å². The number of amides is 1. The van der Waals surface area contributed by atoms with E-state index in [1.807, 2.05) is 19.9 Å². The number of rotatable bonds is 3. The molecule has 0 atom stereocenters. The Morgan fingerprint density at radius 1 is 1.39 bits per heavy atom. The fourth-order valence-corrected chi connectivity index (χ4v) is 2.87. The lowest BCUT2D eigenvalue weighted by Gasteiger charge is -2.41. The Bertz CT molecular complexity index is 479. The van der Waals surface area contributed by atoms with Crippen LogP contribution in [0, 0.1) is 13.8 Å². The number of methoxy groups -OCH3 is 1. The number of nitrogens with one attached hydrogen (secondary N) is 1. The molecule has 0 radical (unpaired) electrons. The van der Waals surface area contributed by atoms with Gasteiger partial charge in [0.05, 0.1) is 12.5 Å². The zero-order chi connectivity index (χ0) is 13.3. The molecule has 1 aromatic rings. The Balaban J connectivity index is 2.58. The third-order valence-electron chi connectivity index (χ3n) is 3.91. The molecule has 2 rings (SSSR count). The second kappa shape index (κ2) is 4.61. The van der Waals surface area contributed by atoms with Crippen LogP contribution in [0.1, 0.15) is 36.0 Å². The fourth-order valence-electron chi connectivity index (χ4n) is 2.87. The maximum atomic E-state index is 12.1. The van der Waals surface area contributed by atoms with E-state index in [4.69, 9.17) is 10.6 Å². The van der Waals surface area contributed by atoms with Gasteiger partial charge in [0.1, 0.15) is 5.75 Å². The van der Waals surface area contributed by atoms with Crippen molar-refractivity contribution in [3.05, 3.63) is 28.8 Å². The lowest BCUT2D eigenvalue weighted by Crippen LogP contribution is -2.51. The van der Waals surface area contributed by atoms with Crippen LogP contribution in [0.15, 0.2) is 12.1 Å². The molecule has 18 heavy (non-hydrogen) atoms. The molecule has 0 bridgehead atoms. The van der Waals surface area contributed by atoms with Crippen molar-refractivity contribution >= 4 is 5.91 Å². The summed E-state index contributed by atoms with van der Waals surface area (Å²) in [4.78, 5) is 12.1. The van der Waals surface area contributed by atoms with E-state index < -0.39 is 5.41 Å². The minimum absolute atomic E-state index is 0.114. The SMILES string of the molecule is COc1c(C)cc(C)cc1C1(C(=O)NN)CCC1. The molecule has 1 fully saturated rings. The fraction of sp³-hybridized carbons (Fsp3) is 0.500. The Morgan fingerprint density at radius 2 is 2.06 bits per heavy atom. The van der Waals surface area contributed by atoms with Crippen LogP contribution in [0.2, 0.25) is 0 Å². The molecular formula is C14H20N2O2. The van der Waals surface area contributed by atoms with Crippen molar-refractivity contribution in [2.45, 2.75) is 38.5 Å². The molecule has 1 aliphatic rings. The van der Waals surface area contributed by atoms with Crippen LogP contribution in [0.25, 0.3) is 0 Å². The topological polar surface area (TPSA) is 64.3 Å². The monoisotopic (exact) mass is 248 g/mol. The number of nitrogens with two attached hydrogens (primary N) is 1. The average Bonchev–Trinajstić information content (AvgIpc) is 2.26. The van der Waals surface area contributed by atoms with Crippen LogP contribution in [0.4, 0.5) is 0 Å². The van der Waals surface area contributed by atoms with Crippen molar-refractivity contribution in [2.24, 2.45) is 5.84 Å². The number of ether oxygens (including phenoxy) is 1. The molecule has 4 heteroatoms. The number of aryl methyl sites for hydroxylation is 2. The van der Waals surface area contributed by atoms with Gasteiger partial charge in [-0.3, -0.25) is 10.2 Å². The van der Waals surface area contributed by atoms with Gasteiger partial charge in [0.25, 0.3) is 0 Å². The summed E-state index contributed by atoms with van der Waals surface area (Å²) in [7, 11) is 1.65. The first-order chi connectivity index (χ1) is 8.55. The standard InChI is InChI=1S/C14H20N2O2/c1-9-7-10(2)12(18-3)11(8-9)14(5-4-6-14)13(17)16-15/h7-8H,4-6,15H2,1-3H3,(H,16,17). The van der Waals surface area contributed by atoms with E-state index >= 15 is 0 Å². The number of carbonyl (C=O) groups excluding carboxylic acids is 1. The lowest BCUT2D eigenvalue weighted by molar-refractivity contribution is -0.130. The van der Waals surface area contributed by atoms with E-state index in [2.05, 4.69) is 11.5 Å². The van der Waals surface area contributed by atoms with Gasteiger partial charge in [-0.1, -0.05) is 24.1 Å². The van der Waals surface area contributed by atoms with Gasteiger partial charge in [0, 0.05) is 5.56 Å². The van der Waals surface area contributed by atoms with E-state index in [1.165, 1.54) is 0 Å². The summed E-state index contributed by atoms with van der Waals surface area (Å²) in [5.74, 6) is 6.03. The van der Waals surface area contributed by atoms with E-state index in [0.29, 0.717) is 0 Å². The van der Waals surface area contributed by atoms with Crippen molar-refractivity contribution < 1.29 is 9.53 Å². The molecule has 0 heterocycles. The summed E-state index contributed by atoms with van der Waals surface area (Å²) in [5, 5.41) is 0. The predicted molar refractivity (Wildman–Crippen MR) is 70.3 cm³/mol. The van der Waals surface area contributed by atoms with Gasteiger partial charge in [-0.25, -0.2) is 5.84 Å². The molecule has 0 unspecified atom stereocenters. The highest BCUT2D eigenvalue weighted by Gasteiger charge is 2.47. The van der Waals surface area contributed by atoms with Crippen molar-refractivity contribution in [2.75, 3.05) is 7.11 Å². The van der Waals surface area contributed by atoms with Crippen LogP contribution < -0.4 is 16.0 Å². The largest absolute Gasteiger partial charge is 0.496 e. The van der Waals surface area contributed by atoms with Crippen molar-refractivity contribution in [1.82, 2.24) is 5.43 Å². The number of hydrogen-bond acceptors (Lipinski definition) is 3. The summed E-state index contributed by atoms with van der Waals surface area (Å²) in [6.07, 6.45) is 2.70. The smallest absolute Gasteiger partial charge is 0.244 e. The highest BCUT2D eigenvalue weighted by atomic mass is 16.5. The van der Waals surface area contributed by atoms with Crippen LogP contribution in [-0.2, 0) is 10.2 Å². The molecule has 1 aliphatic carbocycles. The number of hydrogen-bond donors (Lipinski definition) is 2. The zero-order valence-corrected chi connectivity index (χ0v) is 11.2. The second-order valence-electron chi connectivity index (χ2n) is 5.07. The highest BCUT2D eigenvalue weighted by Crippen LogP contribution is 2.48. The van der Waals surface area contributed by atoms with Crippen molar-refractivity contribution in [1.29, 1.82) is 0 Å². The number of carbonyl (C=O) groups is 1. The van der Waals surface area contributed by atoms with Crippen LogP contribution in [-0.4, -0.2) is 13.0 Å². The molecule has 0 spiro atoms. The summed E-state index contributed by atoms with van der Waals surface area (Å²) in [6, 6.07) is 4.11. The highest BCUT2D eigenvalue weighted by molar-refractivity contribution is 5.89. The summed E-state index contributed by atoms with van der Waals surface area (Å²) in [6.45, 7) is 4.03. The third-order valence-corrected chi connectivity index (χ3v) is 3.91. The molecule has 1 amide bonds. The normalized spacial score (nSPS) is 16.9. The Kier molecular flexibility index (Phi) is 3.30. The van der Waals surface area contributed by atoms with Gasteiger partial charge in [0.15, 0.2) is 0 Å². The molecule has 1 saturated carbocycles. The third kappa shape index (κ3) is 1.77. The van der Waals surface area contributed by atoms with Gasteiger partial charge < -0.3 is 4.74 Å². The molecule has 0 saturated heterocycles. The Morgan fingerprint density at radius 3 is 2.50 bits per heavy atom. The lowest BCUT2D eigenvalue weighted by atomic mass is 9.63. The van der Waals surface area contributed by atoms with Crippen molar-refractivity contribution in [3.63, 3.8) is 0 Å². The predicted octanol–water partition coefficient (Wildman–Crippen LogP) is 1.72. The molecule has 1 aromatic carbocycles. The van der Waals surface area contributed by atoms with Crippen LogP contribution in [0.5, 0.6) is 5.75 Å².